The van der Waals surface area contributed by atoms with E-state index in [1.807, 2.05) is 0 Å². The normalized spacial score (nSPS) is 11.8. The van der Waals surface area contributed by atoms with Crippen LogP contribution in [0.25, 0.3) is 0 Å². The van der Waals surface area contributed by atoms with Crippen LogP contribution in [0.4, 0.5) is 0 Å². The Morgan fingerprint density at radius 1 is 0.667 bits per heavy atom. The molecule has 1 nitrogen and oxygen atoms in total. The lowest BCUT2D eigenvalue weighted by Gasteiger charge is -2.14. The van der Waals surface area contributed by atoms with Gasteiger partial charge >= 0.3 is 0 Å². The van der Waals surface area contributed by atoms with Crippen LogP contribution in [0.3, 0.4) is 0 Å². The van der Waals surface area contributed by atoms with Gasteiger partial charge in [0, 0.05) is 6.54 Å². The van der Waals surface area contributed by atoms with Gasteiger partial charge in [0.05, 0.1) is 0 Å². The van der Waals surface area contributed by atoms with E-state index in [-0.39, 0.29) is 0 Å². The third-order valence-corrected chi connectivity index (χ3v) is 5.93. The maximum atomic E-state index is 4.98. The molecular weight excluding hydrogens is 237 g/mol. The molecule has 0 heterocycles. The van der Waals surface area contributed by atoms with E-state index in [4.69, 9.17) is 4.74 Å². The molecule has 0 aromatic rings. The van der Waals surface area contributed by atoms with E-state index in [1.165, 1.54) is 70.4 Å². The first-order valence-electron chi connectivity index (χ1n) is 8.14. The van der Waals surface area contributed by atoms with Gasteiger partial charge in [-0.2, -0.15) is 0 Å². The molecule has 0 saturated carbocycles. The fourth-order valence-corrected chi connectivity index (χ4v) is 4.05. The van der Waals surface area contributed by atoms with Crippen LogP contribution in [0.2, 0.25) is 0 Å². The van der Waals surface area contributed by atoms with Crippen molar-refractivity contribution in [1.29, 1.82) is 0 Å². The van der Waals surface area contributed by atoms with Gasteiger partial charge in [-0.05, 0) is 39.4 Å². The molecule has 0 atom stereocenters. The second-order valence-electron chi connectivity index (χ2n) is 6.04. The lowest BCUT2D eigenvalue weighted by atomic mass is 10.2. The molecule has 2 heteroatoms. The quantitative estimate of drug-likeness (QED) is 0.288. The SMILES string of the molecule is CCCCCCCN=P(C)(C)CCCCCCC. The lowest BCUT2D eigenvalue weighted by molar-refractivity contribution is 0.639. The molecule has 0 aliphatic rings. The maximum Gasteiger partial charge on any atom is 0.0374 e. The summed E-state index contributed by atoms with van der Waals surface area (Å²) in [6.45, 7) is 10.5. The van der Waals surface area contributed by atoms with Crippen LogP contribution in [-0.4, -0.2) is 26.0 Å². The van der Waals surface area contributed by atoms with Crippen LogP contribution in [0.1, 0.15) is 78.1 Å². The molecule has 0 aromatic heterocycles. The highest BCUT2D eigenvalue weighted by Crippen LogP contribution is 2.42. The number of hydrogen-bond acceptors (Lipinski definition) is 1. The second kappa shape index (κ2) is 12.3. The van der Waals surface area contributed by atoms with Gasteiger partial charge < -0.3 is 4.74 Å². The minimum absolute atomic E-state index is 0.922. The summed E-state index contributed by atoms with van der Waals surface area (Å²) >= 11 is 0. The topological polar surface area (TPSA) is 12.4 Å². The van der Waals surface area contributed by atoms with Crippen molar-refractivity contribution >= 4 is 7.05 Å². The summed E-state index contributed by atoms with van der Waals surface area (Å²) in [6, 6.07) is 0. The molecule has 0 radical (unpaired) electrons. The third-order valence-electron chi connectivity index (χ3n) is 3.55. The molecule has 0 N–H and O–H groups in total. The molecule has 0 aliphatic heterocycles. The minimum Gasteiger partial charge on any atom is -0.304 e. The van der Waals surface area contributed by atoms with Crippen molar-refractivity contribution in [1.82, 2.24) is 0 Å². The Morgan fingerprint density at radius 2 is 1.17 bits per heavy atom. The van der Waals surface area contributed by atoms with Crippen LogP contribution < -0.4 is 0 Å². The summed E-state index contributed by atoms with van der Waals surface area (Å²) in [7, 11) is -0.922. The molecule has 0 rings (SSSR count). The predicted molar refractivity (Wildman–Crippen MR) is 88.4 cm³/mol. The van der Waals surface area contributed by atoms with Gasteiger partial charge in [-0.3, -0.25) is 0 Å². The van der Waals surface area contributed by atoms with Crippen LogP contribution in [-0.2, 0) is 0 Å². The van der Waals surface area contributed by atoms with E-state index in [0.29, 0.717) is 0 Å². The van der Waals surface area contributed by atoms with E-state index in [2.05, 4.69) is 27.2 Å². The first-order chi connectivity index (χ1) is 8.62. The highest BCUT2D eigenvalue weighted by atomic mass is 31.2. The zero-order valence-electron chi connectivity index (χ0n) is 13.4. The largest absolute Gasteiger partial charge is 0.304 e. The first kappa shape index (κ1) is 18.2. The van der Waals surface area contributed by atoms with Crippen molar-refractivity contribution in [3.63, 3.8) is 0 Å². The van der Waals surface area contributed by atoms with Gasteiger partial charge in [0.2, 0.25) is 0 Å². The Hall–Kier alpha value is 0.230. The van der Waals surface area contributed by atoms with Crippen molar-refractivity contribution in [2.75, 3.05) is 26.0 Å². The Balaban J connectivity index is 3.56. The van der Waals surface area contributed by atoms with Crippen LogP contribution in [0.15, 0.2) is 4.74 Å². The summed E-state index contributed by atoms with van der Waals surface area (Å²) in [5.74, 6) is 0. The van der Waals surface area contributed by atoms with E-state index in [9.17, 15) is 0 Å². The monoisotopic (exact) mass is 273 g/mol. The Bertz CT molecular complexity index is 217. The Morgan fingerprint density at radius 3 is 1.72 bits per heavy atom. The zero-order valence-corrected chi connectivity index (χ0v) is 14.3. The van der Waals surface area contributed by atoms with Crippen LogP contribution in [0.5, 0.6) is 0 Å². The average molecular weight is 273 g/mol. The van der Waals surface area contributed by atoms with Gasteiger partial charge in [-0.1, -0.05) is 65.2 Å². The molecule has 18 heavy (non-hydrogen) atoms. The van der Waals surface area contributed by atoms with Crippen LogP contribution >= 0.6 is 7.05 Å². The van der Waals surface area contributed by atoms with Crippen LogP contribution in [0, 0.1) is 0 Å². The third kappa shape index (κ3) is 12.7. The van der Waals surface area contributed by atoms with E-state index in [0.717, 1.165) is 6.54 Å². The molecule has 0 aliphatic carbocycles. The highest BCUT2D eigenvalue weighted by Gasteiger charge is 2.04. The van der Waals surface area contributed by atoms with Crippen molar-refractivity contribution in [3.05, 3.63) is 0 Å². The zero-order chi connectivity index (χ0) is 13.7. The molecule has 110 valence electrons. The summed E-state index contributed by atoms with van der Waals surface area (Å²) in [4.78, 5) is 0. The van der Waals surface area contributed by atoms with Gasteiger partial charge in [0.15, 0.2) is 0 Å². The second-order valence-corrected chi connectivity index (χ2v) is 10.0. The molecule has 0 aromatic carbocycles. The van der Waals surface area contributed by atoms with Crippen molar-refractivity contribution in [3.8, 4) is 0 Å². The summed E-state index contributed by atoms with van der Waals surface area (Å²) in [5, 5.41) is 0. The fraction of sp³-hybridized carbons (Fsp3) is 1.00. The van der Waals surface area contributed by atoms with Gasteiger partial charge in [-0.15, -0.1) is 0 Å². The predicted octanol–water partition coefficient (Wildman–Crippen LogP) is 6.39. The van der Waals surface area contributed by atoms with Gasteiger partial charge in [0.1, 0.15) is 0 Å². The van der Waals surface area contributed by atoms with Crippen molar-refractivity contribution in [2.45, 2.75) is 78.1 Å². The van der Waals surface area contributed by atoms with E-state index in [1.54, 1.807) is 0 Å². The lowest BCUT2D eigenvalue weighted by Crippen LogP contribution is -1.90. The Kier molecular flexibility index (Phi) is 12.4. The highest BCUT2D eigenvalue weighted by molar-refractivity contribution is 7.64. The van der Waals surface area contributed by atoms with Crippen molar-refractivity contribution in [2.24, 2.45) is 4.74 Å². The fourth-order valence-electron chi connectivity index (χ4n) is 2.23. The molecule has 0 bridgehead atoms. The molecule has 0 fully saturated rings. The summed E-state index contributed by atoms with van der Waals surface area (Å²) < 4.78 is 4.98. The molecule has 0 saturated heterocycles. The summed E-state index contributed by atoms with van der Waals surface area (Å²) in [5.41, 5.74) is 0. The number of rotatable bonds is 12. The van der Waals surface area contributed by atoms with Crippen molar-refractivity contribution < 1.29 is 0 Å². The van der Waals surface area contributed by atoms with E-state index >= 15 is 0 Å². The minimum atomic E-state index is -0.922. The maximum absolute atomic E-state index is 4.98. The number of nitrogens with zero attached hydrogens (tertiary/aromatic N) is 1. The summed E-state index contributed by atoms with van der Waals surface area (Å²) in [6.07, 6.45) is 15.2. The molecular formula is C16H36NP. The standard InChI is InChI=1S/C16H36NP/c1-5-7-9-11-13-15-17-18(3,4)16-14-12-10-8-6-2/h5-16H2,1-4H3. The Labute approximate surface area is 116 Å². The number of unbranched alkanes of at least 4 members (excludes halogenated alkanes) is 8. The van der Waals surface area contributed by atoms with Gasteiger partial charge in [-0.25, -0.2) is 0 Å². The first-order valence-corrected chi connectivity index (χ1v) is 11.0. The van der Waals surface area contributed by atoms with E-state index < -0.39 is 7.05 Å². The van der Waals surface area contributed by atoms with Gasteiger partial charge in [0.25, 0.3) is 0 Å². The number of hydrogen-bond donors (Lipinski definition) is 0. The smallest absolute Gasteiger partial charge is 0.0374 e. The molecule has 0 amide bonds. The molecule has 0 spiro atoms. The average Bonchev–Trinajstić information content (AvgIpc) is 2.33. The molecule has 0 unspecified atom stereocenters.